The van der Waals surface area contributed by atoms with E-state index in [0.29, 0.717) is 37.1 Å². The number of aliphatic hydroxyl groups is 1. The topological polar surface area (TPSA) is 90.9 Å². The molecule has 0 aromatic heterocycles. The number of rotatable bonds is 9. The first-order chi connectivity index (χ1) is 18.9. The molecule has 2 aliphatic rings. The van der Waals surface area contributed by atoms with Gasteiger partial charge in [0.25, 0.3) is 0 Å². The number of amides is 2. The van der Waals surface area contributed by atoms with Crippen molar-refractivity contribution in [3.8, 4) is 11.1 Å². The molecule has 2 aromatic carbocycles. The Balaban J connectivity index is 1.68. The highest BCUT2D eigenvalue weighted by atomic mass is 19.1. The van der Waals surface area contributed by atoms with Gasteiger partial charge in [0.05, 0.1) is 12.2 Å². The van der Waals surface area contributed by atoms with Gasteiger partial charge in [0.15, 0.2) is 0 Å². The molecule has 212 valence electrons. The Morgan fingerprint density at radius 1 is 1.18 bits per heavy atom. The molecular weight excluding hydrogens is 497 g/mol. The minimum atomic E-state index is -1.42. The van der Waals surface area contributed by atoms with Crippen LogP contribution in [0.15, 0.2) is 42.5 Å². The van der Waals surface area contributed by atoms with Crippen LogP contribution in [-0.2, 0) is 21.6 Å². The first kappa shape index (κ1) is 29.0. The molecule has 7 nitrogen and oxygen atoms in total. The summed E-state index contributed by atoms with van der Waals surface area (Å²) in [5, 5.41) is 18.3. The number of hydrogen-bond donors (Lipinski definition) is 3. The van der Waals surface area contributed by atoms with Gasteiger partial charge in [-0.05, 0) is 80.8 Å². The van der Waals surface area contributed by atoms with E-state index in [4.69, 9.17) is 4.74 Å². The minimum absolute atomic E-state index is 0.000522. The molecule has 0 radical (unpaired) electrons. The van der Waals surface area contributed by atoms with Crippen molar-refractivity contribution in [3.63, 3.8) is 0 Å². The number of piperidine rings is 2. The van der Waals surface area contributed by atoms with E-state index in [9.17, 15) is 14.7 Å². The summed E-state index contributed by atoms with van der Waals surface area (Å²) >= 11 is 0. The highest BCUT2D eigenvalue weighted by Crippen LogP contribution is 2.44. The van der Waals surface area contributed by atoms with Crippen LogP contribution in [0, 0.1) is 17.7 Å². The van der Waals surface area contributed by atoms with Gasteiger partial charge in [-0.2, -0.15) is 0 Å². The van der Waals surface area contributed by atoms with E-state index < -0.39 is 11.7 Å². The zero-order valence-corrected chi connectivity index (χ0v) is 23.2. The number of nitrogens with zero attached hydrogens (tertiary/aromatic N) is 1. The Morgan fingerprint density at radius 2 is 1.95 bits per heavy atom. The molecule has 3 N–H and O–H groups in total. The zero-order valence-electron chi connectivity index (χ0n) is 23.2. The average Bonchev–Trinajstić information content (AvgIpc) is 2.99. The Hall–Kier alpha value is -2.97. The largest absolute Gasteiger partial charge is 0.450 e. The molecule has 2 saturated heterocycles. The predicted molar refractivity (Wildman–Crippen MR) is 150 cm³/mol. The third kappa shape index (κ3) is 6.79. The standard InChI is InChI=1S/C31H42FN3O4/c1-3-22-8-4-9-24(20-22)28-26(11-5-12-27(28)32)31(38,15-7-19-39-30(37)33-2)25-10-6-18-35(21-25)29(36)23-13-16-34-17-14-23/h4-5,8-9,11-12,20,23,25,34,38H,3,6-7,10,13-19,21H2,1-2H3,(H,33,37). The second-order valence-electron chi connectivity index (χ2n) is 10.8. The summed E-state index contributed by atoms with van der Waals surface area (Å²) in [4.78, 5) is 27.0. The van der Waals surface area contributed by atoms with Gasteiger partial charge in [0, 0.05) is 37.5 Å². The normalized spacial score (nSPS) is 19.8. The summed E-state index contributed by atoms with van der Waals surface area (Å²) in [7, 11) is 1.50. The fourth-order valence-corrected chi connectivity index (χ4v) is 6.16. The lowest BCUT2D eigenvalue weighted by molar-refractivity contribution is -0.142. The number of ether oxygens (including phenoxy) is 1. The van der Waals surface area contributed by atoms with Crippen LogP contribution in [0.4, 0.5) is 9.18 Å². The molecule has 2 unspecified atom stereocenters. The van der Waals surface area contributed by atoms with Crippen molar-refractivity contribution in [1.82, 2.24) is 15.5 Å². The lowest BCUT2D eigenvalue weighted by atomic mass is 9.72. The van der Waals surface area contributed by atoms with Crippen molar-refractivity contribution in [2.24, 2.45) is 11.8 Å². The molecule has 2 fully saturated rings. The van der Waals surface area contributed by atoms with Gasteiger partial charge in [0.1, 0.15) is 5.82 Å². The number of hydrogen-bond acceptors (Lipinski definition) is 5. The summed E-state index contributed by atoms with van der Waals surface area (Å²) in [5.41, 5.74) is 1.31. The van der Waals surface area contributed by atoms with Crippen molar-refractivity contribution in [3.05, 3.63) is 59.4 Å². The first-order valence-corrected chi connectivity index (χ1v) is 14.3. The third-order valence-electron chi connectivity index (χ3n) is 8.34. The maximum absolute atomic E-state index is 15.6. The lowest BCUT2D eigenvalue weighted by Gasteiger charge is -2.44. The molecule has 2 atom stereocenters. The maximum atomic E-state index is 15.6. The molecule has 8 heteroatoms. The number of alkyl carbamates (subject to hydrolysis) is 1. The predicted octanol–water partition coefficient (Wildman–Crippen LogP) is 4.62. The average molecular weight is 540 g/mol. The smallest absolute Gasteiger partial charge is 0.406 e. The number of aryl methyl sites for hydroxylation is 1. The van der Waals surface area contributed by atoms with Crippen LogP contribution in [0.3, 0.4) is 0 Å². The fourth-order valence-electron chi connectivity index (χ4n) is 6.16. The van der Waals surface area contributed by atoms with Crippen molar-refractivity contribution in [2.45, 2.75) is 57.5 Å². The highest BCUT2D eigenvalue weighted by molar-refractivity contribution is 5.79. The third-order valence-corrected chi connectivity index (χ3v) is 8.34. The minimum Gasteiger partial charge on any atom is -0.450 e. The van der Waals surface area contributed by atoms with Crippen LogP contribution < -0.4 is 10.6 Å². The van der Waals surface area contributed by atoms with E-state index in [0.717, 1.165) is 49.9 Å². The van der Waals surface area contributed by atoms with E-state index in [1.807, 2.05) is 35.2 Å². The number of carbonyl (C=O) groups is 2. The number of nitrogens with one attached hydrogen (secondary N) is 2. The second kappa shape index (κ2) is 13.4. The van der Waals surface area contributed by atoms with Crippen LogP contribution in [0.5, 0.6) is 0 Å². The van der Waals surface area contributed by atoms with Gasteiger partial charge in [-0.15, -0.1) is 0 Å². The van der Waals surface area contributed by atoms with Crippen LogP contribution >= 0.6 is 0 Å². The number of halogens is 1. The van der Waals surface area contributed by atoms with E-state index in [1.165, 1.54) is 13.1 Å². The Bertz CT molecular complexity index is 1140. The number of benzene rings is 2. The number of likely N-dealkylation sites (tertiary alicyclic amines) is 1. The molecule has 0 saturated carbocycles. The SMILES string of the molecule is CCc1cccc(-c2c(F)cccc2C(O)(CCCOC(=O)NC)C2CCCN(C(=O)C3CCNCC3)C2)c1. The molecule has 0 spiro atoms. The Kier molecular flexibility index (Phi) is 9.97. The molecule has 2 amide bonds. The van der Waals surface area contributed by atoms with Gasteiger partial charge in [-0.1, -0.05) is 43.3 Å². The van der Waals surface area contributed by atoms with Gasteiger partial charge in [-0.25, -0.2) is 9.18 Å². The summed E-state index contributed by atoms with van der Waals surface area (Å²) < 4.78 is 20.8. The van der Waals surface area contributed by atoms with Gasteiger partial charge in [-0.3, -0.25) is 4.79 Å². The van der Waals surface area contributed by atoms with Gasteiger partial charge in [0.2, 0.25) is 5.91 Å². The number of carbonyl (C=O) groups excluding carboxylic acids is 2. The molecular formula is C31H42FN3O4. The second-order valence-corrected chi connectivity index (χ2v) is 10.8. The van der Waals surface area contributed by atoms with Crippen LogP contribution in [-0.4, -0.2) is 61.8 Å². The highest BCUT2D eigenvalue weighted by Gasteiger charge is 2.43. The van der Waals surface area contributed by atoms with Crippen LogP contribution in [0.2, 0.25) is 0 Å². The quantitative estimate of drug-likeness (QED) is 0.405. The van der Waals surface area contributed by atoms with E-state index in [-0.39, 0.29) is 36.6 Å². The summed E-state index contributed by atoms with van der Waals surface area (Å²) in [6, 6.07) is 12.7. The van der Waals surface area contributed by atoms with Crippen LogP contribution in [0.25, 0.3) is 11.1 Å². The lowest BCUT2D eigenvalue weighted by Crippen LogP contribution is -2.50. The maximum Gasteiger partial charge on any atom is 0.406 e. The molecule has 39 heavy (non-hydrogen) atoms. The zero-order chi connectivity index (χ0) is 27.8. The first-order valence-electron chi connectivity index (χ1n) is 14.3. The molecule has 2 aliphatic heterocycles. The van der Waals surface area contributed by atoms with Gasteiger partial charge < -0.3 is 25.4 Å². The van der Waals surface area contributed by atoms with Crippen molar-refractivity contribution in [2.75, 3.05) is 39.8 Å². The van der Waals surface area contributed by atoms with Crippen molar-refractivity contribution in [1.29, 1.82) is 0 Å². The van der Waals surface area contributed by atoms with Crippen LogP contribution in [0.1, 0.15) is 56.6 Å². The Morgan fingerprint density at radius 3 is 2.69 bits per heavy atom. The molecule has 4 rings (SSSR count). The molecule has 0 aliphatic carbocycles. The molecule has 2 aromatic rings. The van der Waals surface area contributed by atoms with Gasteiger partial charge >= 0.3 is 6.09 Å². The monoisotopic (exact) mass is 539 g/mol. The van der Waals surface area contributed by atoms with E-state index in [1.54, 1.807) is 6.07 Å². The summed E-state index contributed by atoms with van der Waals surface area (Å²) in [6.45, 7) is 4.95. The van der Waals surface area contributed by atoms with E-state index in [2.05, 4.69) is 17.6 Å². The van der Waals surface area contributed by atoms with Crippen molar-refractivity contribution < 1.29 is 23.8 Å². The summed E-state index contributed by atoms with van der Waals surface area (Å²) in [6.07, 6.45) is 4.09. The molecule has 2 heterocycles. The van der Waals surface area contributed by atoms with Crippen molar-refractivity contribution >= 4 is 12.0 Å². The fraction of sp³-hybridized carbons (Fsp3) is 0.548. The molecule has 0 bridgehead atoms. The van der Waals surface area contributed by atoms with E-state index >= 15 is 4.39 Å². The summed E-state index contributed by atoms with van der Waals surface area (Å²) in [5.74, 6) is -0.520. The Labute approximate surface area is 231 Å².